The number of rotatable bonds is 3. The molecule has 1 heterocycles. The van der Waals surface area contributed by atoms with Gasteiger partial charge in [0.1, 0.15) is 0 Å². The van der Waals surface area contributed by atoms with Crippen molar-refractivity contribution in [1.82, 2.24) is 0 Å². The first-order valence-corrected chi connectivity index (χ1v) is 5.15. The topological polar surface area (TPSA) is 26.0 Å². The summed E-state index contributed by atoms with van der Waals surface area (Å²) in [6.07, 6.45) is -4.22. The summed E-state index contributed by atoms with van der Waals surface area (Å²) in [7, 11) is 0. The van der Waals surface area contributed by atoms with Crippen LogP contribution in [0.1, 0.15) is 22.8 Å². The fourth-order valence-corrected chi connectivity index (χ4v) is 2.33. The molecule has 0 bridgehead atoms. The van der Waals surface area contributed by atoms with Crippen LogP contribution < -0.4 is 5.73 Å². The number of thiophene rings is 1. The van der Waals surface area contributed by atoms with Gasteiger partial charge in [-0.15, -0.1) is 11.3 Å². The van der Waals surface area contributed by atoms with Gasteiger partial charge in [-0.2, -0.15) is 13.2 Å². The Morgan fingerprint density at radius 1 is 1.50 bits per heavy atom. The Morgan fingerprint density at radius 2 is 2.14 bits per heavy atom. The van der Waals surface area contributed by atoms with Crippen molar-refractivity contribution in [3.05, 3.63) is 21.9 Å². The van der Waals surface area contributed by atoms with Crippen LogP contribution in [0.2, 0.25) is 0 Å². The average Bonchev–Trinajstić information content (AvgIpc) is 2.45. The second-order valence-electron chi connectivity index (χ2n) is 3.20. The lowest BCUT2D eigenvalue weighted by Crippen LogP contribution is -2.22. The molecule has 1 nitrogen and oxygen atoms in total. The zero-order chi connectivity index (χ0) is 10.8. The molecule has 0 amide bonds. The Morgan fingerprint density at radius 3 is 2.50 bits per heavy atom. The zero-order valence-corrected chi connectivity index (χ0v) is 8.58. The lowest BCUT2D eigenvalue weighted by molar-refractivity contribution is -0.150. The predicted octanol–water partition coefficient (Wildman–Crippen LogP) is 3.05. The number of hydrogen-bond acceptors (Lipinski definition) is 2. The third-order valence-electron chi connectivity index (χ3n) is 1.94. The molecule has 1 atom stereocenters. The van der Waals surface area contributed by atoms with Crippen molar-refractivity contribution in [2.24, 2.45) is 5.73 Å². The average molecular weight is 223 g/mol. The molecular weight excluding hydrogens is 211 g/mol. The van der Waals surface area contributed by atoms with Crippen LogP contribution in [0.25, 0.3) is 0 Å². The molecule has 0 aliphatic carbocycles. The van der Waals surface area contributed by atoms with Crippen molar-refractivity contribution in [3.63, 3.8) is 0 Å². The maximum absolute atomic E-state index is 12.6. The van der Waals surface area contributed by atoms with Crippen molar-refractivity contribution >= 4 is 11.3 Å². The highest BCUT2D eigenvalue weighted by molar-refractivity contribution is 7.10. The number of alkyl halides is 3. The first kappa shape index (κ1) is 11.5. The first-order valence-electron chi connectivity index (χ1n) is 4.27. The largest absolute Gasteiger partial charge is 0.396 e. The van der Waals surface area contributed by atoms with Crippen molar-refractivity contribution < 1.29 is 13.2 Å². The molecule has 1 unspecified atom stereocenters. The zero-order valence-electron chi connectivity index (χ0n) is 7.77. The van der Waals surface area contributed by atoms with E-state index in [9.17, 15) is 13.2 Å². The lowest BCUT2D eigenvalue weighted by atomic mass is 10.0. The number of hydrogen-bond donors (Lipinski definition) is 1. The van der Waals surface area contributed by atoms with Crippen molar-refractivity contribution in [2.75, 3.05) is 6.54 Å². The van der Waals surface area contributed by atoms with Crippen LogP contribution >= 0.6 is 11.3 Å². The van der Waals surface area contributed by atoms with E-state index in [0.29, 0.717) is 4.88 Å². The van der Waals surface area contributed by atoms with E-state index in [1.165, 1.54) is 0 Å². The Hall–Kier alpha value is -0.550. The van der Waals surface area contributed by atoms with E-state index >= 15 is 0 Å². The van der Waals surface area contributed by atoms with Crippen molar-refractivity contribution in [2.45, 2.75) is 25.4 Å². The van der Waals surface area contributed by atoms with E-state index in [2.05, 4.69) is 0 Å². The molecule has 0 spiro atoms. The third-order valence-corrected chi connectivity index (χ3v) is 3.11. The van der Waals surface area contributed by atoms with Crippen LogP contribution in [0, 0.1) is 6.92 Å². The highest BCUT2D eigenvalue weighted by Gasteiger charge is 2.40. The highest BCUT2D eigenvalue weighted by Crippen LogP contribution is 2.39. The second-order valence-corrected chi connectivity index (χ2v) is 4.14. The van der Waals surface area contributed by atoms with Crippen LogP contribution in [0.3, 0.4) is 0 Å². The standard InChI is InChI=1S/C9H12F3NS/c1-6-4-8(14-5-6)7(2-3-13)9(10,11)12/h4-5,7H,2-3,13H2,1H3. The number of halogens is 3. The number of nitrogens with two attached hydrogens (primary N) is 1. The molecule has 2 N–H and O–H groups in total. The minimum Gasteiger partial charge on any atom is -0.330 e. The van der Waals surface area contributed by atoms with Gasteiger partial charge in [-0.1, -0.05) is 0 Å². The van der Waals surface area contributed by atoms with Gasteiger partial charge in [0.05, 0.1) is 5.92 Å². The minimum atomic E-state index is -4.18. The summed E-state index contributed by atoms with van der Waals surface area (Å²) < 4.78 is 37.7. The normalized spacial score (nSPS) is 14.4. The first-order chi connectivity index (χ1) is 6.45. The van der Waals surface area contributed by atoms with E-state index < -0.39 is 12.1 Å². The maximum atomic E-state index is 12.6. The molecule has 1 aromatic heterocycles. The quantitative estimate of drug-likeness (QED) is 0.837. The Kier molecular flexibility index (Phi) is 3.55. The molecule has 0 aromatic carbocycles. The van der Waals surface area contributed by atoms with Crippen molar-refractivity contribution in [1.29, 1.82) is 0 Å². The summed E-state index contributed by atoms with van der Waals surface area (Å²) in [5.41, 5.74) is 6.05. The molecule has 1 aromatic rings. The summed E-state index contributed by atoms with van der Waals surface area (Å²) in [5.74, 6) is -1.40. The molecule has 0 aliphatic heterocycles. The molecule has 5 heteroatoms. The smallest absolute Gasteiger partial charge is 0.330 e. The van der Waals surface area contributed by atoms with E-state index in [-0.39, 0.29) is 13.0 Å². The lowest BCUT2D eigenvalue weighted by Gasteiger charge is -2.17. The van der Waals surface area contributed by atoms with Gasteiger partial charge in [-0.25, -0.2) is 0 Å². The molecule has 80 valence electrons. The highest BCUT2D eigenvalue weighted by atomic mass is 32.1. The monoisotopic (exact) mass is 223 g/mol. The van der Waals surface area contributed by atoms with Crippen LogP contribution in [0.15, 0.2) is 11.4 Å². The molecule has 14 heavy (non-hydrogen) atoms. The van der Waals surface area contributed by atoms with Crippen LogP contribution in [0.4, 0.5) is 13.2 Å². The van der Waals surface area contributed by atoms with Gasteiger partial charge in [0.2, 0.25) is 0 Å². The van der Waals surface area contributed by atoms with Gasteiger partial charge in [0.15, 0.2) is 0 Å². The SMILES string of the molecule is Cc1csc(C(CCN)C(F)(F)F)c1. The second kappa shape index (κ2) is 4.31. The maximum Gasteiger partial charge on any atom is 0.396 e. The number of aryl methyl sites for hydroxylation is 1. The molecule has 0 saturated heterocycles. The van der Waals surface area contributed by atoms with Crippen LogP contribution in [-0.2, 0) is 0 Å². The van der Waals surface area contributed by atoms with Gasteiger partial charge in [-0.3, -0.25) is 0 Å². The third kappa shape index (κ3) is 2.72. The van der Waals surface area contributed by atoms with Crippen LogP contribution in [-0.4, -0.2) is 12.7 Å². The Bertz CT molecular complexity index is 292. The van der Waals surface area contributed by atoms with Gasteiger partial charge < -0.3 is 5.73 Å². The molecule has 0 saturated carbocycles. The molecule has 0 fully saturated rings. The van der Waals surface area contributed by atoms with Crippen molar-refractivity contribution in [3.8, 4) is 0 Å². The van der Waals surface area contributed by atoms with Gasteiger partial charge in [0.25, 0.3) is 0 Å². The Balaban J connectivity index is 2.88. The minimum absolute atomic E-state index is 0.0382. The fourth-order valence-electron chi connectivity index (χ4n) is 1.27. The van der Waals surface area contributed by atoms with Crippen LogP contribution in [0.5, 0.6) is 0 Å². The summed E-state index contributed by atoms with van der Waals surface area (Å²) in [6, 6.07) is 1.58. The molecular formula is C9H12F3NS. The van der Waals surface area contributed by atoms with Gasteiger partial charge in [-0.05, 0) is 36.9 Å². The molecule has 0 radical (unpaired) electrons. The molecule has 1 rings (SSSR count). The van der Waals surface area contributed by atoms with E-state index in [1.54, 1.807) is 18.4 Å². The molecule has 0 aliphatic rings. The van der Waals surface area contributed by atoms with Gasteiger partial charge >= 0.3 is 6.18 Å². The summed E-state index contributed by atoms with van der Waals surface area (Å²) in [5, 5.41) is 1.73. The predicted molar refractivity (Wildman–Crippen MR) is 51.5 cm³/mol. The fraction of sp³-hybridized carbons (Fsp3) is 0.556. The van der Waals surface area contributed by atoms with E-state index in [0.717, 1.165) is 16.9 Å². The Labute approximate surface area is 84.7 Å². The summed E-state index contributed by atoms with van der Waals surface area (Å²) in [6.45, 7) is 1.84. The van der Waals surface area contributed by atoms with E-state index in [4.69, 9.17) is 5.73 Å². The van der Waals surface area contributed by atoms with Gasteiger partial charge in [0, 0.05) is 4.88 Å². The summed E-state index contributed by atoms with van der Waals surface area (Å²) >= 11 is 1.15. The van der Waals surface area contributed by atoms with E-state index in [1.807, 2.05) is 0 Å². The summed E-state index contributed by atoms with van der Waals surface area (Å²) in [4.78, 5) is 0.362.